The molecule has 1 spiro atoms. The highest BCUT2D eigenvalue weighted by molar-refractivity contribution is 9.10. The number of alkyl halides is 1. The Balaban J connectivity index is 1.34. The smallest absolute Gasteiger partial charge is 0.331 e. The van der Waals surface area contributed by atoms with Crippen molar-refractivity contribution in [2.45, 2.75) is 81.2 Å². The van der Waals surface area contributed by atoms with Crippen LogP contribution in [0.5, 0.6) is 0 Å². The number of carbonyl (C=O) groups is 3. The minimum Gasteiger partial charge on any atom is -0.461 e. The Morgan fingerprint density at radius 3 is 2.33 bits per heavy atom. The van der Waals surface area contributed by atoms with Gasteiger partial charge in [-0.3, -0.25) is 19.6 Å². The second-order valence-corrected chi connectivity index (χ2v) is 12.3. The lowest BCUT2D eigenvalue weighted by molar-refractivity contribution is -0.150. The number of carbonyl (C=O) groups excluding carboxylic acids is 3. The molecule has 2 aromatic rings. The summed E-state index contributed by atoms with van der Waals surface area (Å²) in [5.41, 5.74) is 1.81. The normalized spacial score (nSPS) is 22.5. The van der Waals surface area contributed by atoms with Crippen LogP contribution >= 0.6 is 39.1 Å². The van der Waals surface area contributed by atoms with Crippen LogP contribution in [0.3, 0.4) is 0 Å². The van der Waals surface area contributed by atoms with Crippen molar-refractivity contribution in [2.75, 3.05) is 5.32 Å². The minimum absolute atomic E-state index is 0.0731. The molecule has 0 bridgehead atoms. The predicted molar refractivity (Wildman–Crippen MR) is 155 cm³/mol. The first-order valence-corrected chi connectivity index (χ1v) is 15.1. The van der Waals surface area contributed by atoms with Gasteiger partial charge < -0.3 is 10.1 Å². The van der Waals surface area contributed by atoms with Crippen LogP contribution in [0.1, 0.15) is 73.7 Å². The Labute approximate surface area is 246 Å². The van der Waals surface area contributed by atoms with E-state index in [1.807, 2.05) is 12.1 Å². The van der Waals surface area contributed by atoms with Gasteiger partial charge in [0.05, 0.1) is 21.0 Å². The first-order valence-electron chi connectivity index (χ1n) is 13.4. The fraction of sp³-hybridized carbons (Fsp3) is 0.483. The number of Topliss-reactive ketones (excluding diaryl/α,β-unsaturated/α-hetero) is 1. The number of aromatic nitrogens is 1. The van der Waals surface area contributed by atoms with Crippen molar-refractivity contribution in [3.63, 3.8) is 0 Å². The standard InChI is InChI=1S/C29H30BrCl2N3O4/c30-24-25(29(26(24)36)12-4-1-5-13-29)35-22(28(38)39-19-6-2-3-7-19)14-17-8-10-18(11-9-17)34-27(37)23-20(31)15-33-16-21(23)32/h8-11,15-16,19,22,24H,1-7,12-14H2,(H,34,37). The van der Waals surface area contributed by atoms with Crippen LogP contribution in [0.2, 0.25) is 10.0 Å². The largest absolute Gasteiger partial charge is 0.461 e. The predicted octanol–water partition coefficient (Wildman–Crippen LogP) is 6.78. The fourth-order valence-electron chi connectivity index (χ4n) is 5.87. The Bertz CT molecular complexity index is 1270. The molecule has 10 heteroatoms. The molecule has 1 N–H and O–H groups in total. The fourth-order valence-corrected chi connectivity index (χ4v) is 7.40. The van der Waals surface area contributed by atoms with E-state index in [0.29, 0.717) is 12.1 Å². The van der Waals surface area contributed by atoms with Crippen molar-refractivity contribution in [1.29, 1.82) is 0 Å². The van der Waals surface area contributed by atoms with Gasteiger partial charge in [-0.2, -0.15) is 0 Å². The van der Waals surface area contributed by atoms with Crippen molar-refractivity contribution in [3.05, 3.63) is 57.8 Å². The van der Waals surface area contributed by atoms with Gasteiger partial charge >= 0.3 is 5.97 Å². The number of benzene rings is 1. The summed E-state index contributed by atoms with van der Waals surface area (Å²) in [6, 6.07) is 6.45. The summed E-state index contributed by atoms with van der Waals surface area (Å²) in [6.07, 6.45) is 11.5. The van der Waals surface area contributed by atoms with Crippen molar-refractivity contribution in [3.8, 4) is 0 Å². The first-order chi connectivity index (χ1) is 18.8. The summed E-state index contributed by atoms with van der Waals surface area (Å²) in [5, 5.41) is 3.12. The molecule has 1 aromatic carbocycles. The van der Waals surface area contributed by atoms with Crippen molar-refractivity contribution in [1.82, 2.24) is 4.98 Å². The topological polar surface area (TPSA) is 97.7 Å². The maximum atomic E-state index is 13.4. The number of anilines is 1. The number of nitrogens with zero attached hydrogens (tertiary/aromatic N) is 2. The molecule has 3 saturated carbocycles. The Kier molecular flexibility index (Phi) is 8.74. The van der Waals surface area contributed by atoms with E-state index in [4.69, 9.17) is 32.9 Å². The van der Waals surface area contributed by atoms with Gasteiger partial charge in [0.1, 0.15) is 10.9 Å². The zero-order valence-electron chi connectivity index (χ0n) is 21.4. The van der Waals surface area contributed by atoms with Crippen molar-refractivity contribution < 1.29 is 19.1 Å². The van der Waals surface area contributed by atoms with E-state index < -0.39 is 22.2 Å². The number of rotatable bonds is 7. The Morgan fingerprint density at radius 2 is 1.69 bits per heavy atom. The third kappa shape index (κ3) is 5.93. The van der Waals surface area contributed by atoms with Gasteiger partial charge in [-0.1, -0.05) is 70.5 Å². The van der Waals surface area contributed by atoms with Gasteiger partial charge in [-0.15, -0.1) is 0 Å². The van der Waals surface area contributed by atoms with Gasteiger partial charge in [0.15, 0.2) is 11.8 Å². The molecule has 3 aliphatic carbocycles. The molecule has 1 heterocycles. The molecule has 2 unspecified atom stereocenters. The summed E-state index contributed by atoms with van der Waals surface area (Å²) in [4.78, 5) is 47.3. The van der Waals surface area contributed by atoms with E-state index in [1.165, 1.54) is 12.4 Å². The molecule has 5 rings (SSSR count). The monoisotopic (exact) mass is 633 g/mol. The molecule has 1 aromatic heterocycles. The highest BCUT2D eigenvalue weighted by Gasteiger charge is 2.58. The van der Waals surface area contributed by atoms with Crippen LogP contribution < -0.4 is 5.32 Å². The number of esters is 1. The van der Waals surface area contributed by atoms with Crippen LogP contribution in [-0.2, 0) is 20.7 Å². The number of ether oxygens (including phenoxy) is 1. The molecule has 7 nitrogen and oxygen atoms in total. The summed E-state index contributed by atoms with van der Waals surface area (Å²) in [5.74, 6) is -0.613. The molecule has 1 amide bonds. The van der Waals surface area contributed by atoms with Crippen molar-refractivity contribution in [2.24, 2.45) is 10.4 Å². The third-order valence-electron chi connectivity index (χ3n) is 8.01. The zero-order valence-corrected chi connectivity index (χ0v) is 24.5. The quantitative estimate of drug-likeness (QED) is 0.268. The SMILES string of the molecule is O=C(Nc1ccc(CC(N=C2C(Br)C(=O)C23CCCCC3)C(=O)OC2CCCC2)cc1)c1c(Cl)cncc1Cl. The van der Waals surface area contributed by atoms with Crippen LogP contribution in [0.4, 0.5) is 5.69 Å². The van der Waals surface area contributed by atoms with E-state index in [9.17, 15) is 14.4 Å². The molecule has 3 aliphatic rings. The lowest BCUT2D eigenvalue weighted by atomic mass is 9.58. The van der Waals surface area contributed by atoms with E-state index in [0.717, 1.165) is 69.1 Å². The summed E-state index contributed by atoms with van der Waals surface area (Å²) < 4.78 is 5.87. The molecular formula is C29H30BrCl2N3O4. The Hall–Kier alpha value is -2.29. The Morgan fingerprint density at radius 1 is 1.05 bits per heavy atom. The number of amides is 1. The molecule has 0 aliphatic heterocycles. The van der Waals surface area contributed by atoms with E-state index in [1.54, 1.807) is 12.1 Å². The number of ketones is 1. The second-order valence-electron chi connectivity index (χ2n) is 10.6. The lowest BCUT2D eigenvalue weighted by Gasteiger charge is -2.48. The number of hydrogen-bond acceptors (Lipinski definition) is 6. The zero-order chi connectivity index (χ0) is 27.6. The molecule has 0 saturated heterocycles. The van der Waals surface area contributed by atoms with Gasteiger partial charge in [0.2, 0.25) is 0 Å². The second kappa shape index (κ2) is 12.1. The van der Waals surface area contributed by atoms with E-state index >= 15 is 0 Å². The third-order valence-corrected chi connectivity index (χ3v) is 9.44. The average molecular weight is 635 g/mol. The minimum atomic E-state index is -0.748. The molecule has 3 fully saturated rings. The average Bonchev–Trinajstić information content (AvgIpc) is 3.44. The highest BCUT2D eigenvalue weighted by atomic mass is 79.9. The number of pyridine rings is 1. The number of halogens is 3. The molecule has 0 radical (unpaired) electrons. The number of hydrogen-bond donors (Lipinski definition) is 1. The summed E-state index contributed by atoms with van der Waals surface area (Å²) in [6.45, 7) is 0. The highest BCUT2D eigenvalue weighted by Crippen LogP contribution is 2.49. The van der Waals surface area contributed by atoms with Crippen LogP contribution in [-0.4, -0.2) is 45.3 Å². The molecule has 206 valence electrons. The summed E-state index contributed by atoms with van der Waals surface area (Å²) in [7, 11) is 0. The molecule has 39 heavy (non-hydrogen) atoms. The van der Waals surface area contributed by atoms with Gasteiger partial charge in [0, 0.05) is 30.2 Å². The lowest BCUT2D eigenvalue weighted by Crippen LogP contribution is -2.61. The van der Waals surface area contributed by atoms with E-state index in [-0.39, 0.29) is 33.5 Å². The van der Waals surface area contributed by atoms with Crippen LogP contribution in [0.15, 0.2) is 41.7 Å². The van der Waals surface area contributed by atoms with Gasteiger partial charge in [-0.25, -0.2) is 4.79 Å². The number of aliphatic imine (C=N–C) groups is 1. The maximum Gasteiger partial charge on any atom is 0.331 e. The van der Waals surface area contributed by atoms with Crippen LogP contribution in [0, 0.1) is 5.41 Å². The maximum absolute atomic E-state index is 13.4. The summed E-state index contributed by atoms with van der Waals surface area (Å²) >= 11 is 15.7. The van der Waals surface area contributed by atoms with Gasteiger partial charge in [-0.05, 0) is 56.2 Å². The number of nitrogens with one attached hydrogen (secondary N) is 1. The van der Waals surface area contributed by atoms with E-state index in [2.05, 4.69) is 26.2 Å². The van der Waals surface area contributed by atoms with Crippen LogP contribution in [0.25, 0.3) is 0 Å². The van der Waals surface area contributed by atoms with Crippen molar-refractivity contribution >= 4 is 68.2 Å². The first kappa shape index (κ1) is 28.2. The molecule has 2 atom stereocenters. The van der Waals surface area contributed by atoms with Gasteiger partial charge in [0.25, 0.3) is 5.91 Å². The molecular weight excluding hydrogens is 605 g/mol.